The predicted octanol–water partition coefficient (Wildman–Crippen LogP) is 2.47. The van der Waals surface area contributed by atoms with Crippen LogP contribution < -0.4 is 5.73 Å². The molecule has 0 amide bonds. The topological polar surface area (TPSA) is 49.8 Å². The van der Waals surface area contributed by atoms with Crippen molar-refractivity contribution < 1.29 is 0 Å². The van der Waals surface area contributed by atoms with Gasteiger partial charge in [0.05, 0.1) is 12.5 Å². The van der Waals surface area contributed by atoms with Gasteiger partial charge in [-0.05, 0) is 24.5 Å². The monoisotopic (exact) mass is 188 g/mol. The Hall–Kier alpha value is -1.33. The summed E-state index contributed by atoms with van der Waals surface area (Å²) >= 11 is 0. The Morgan fingerprint density at radius 2 is 2.21 bits per heavy atom. The minimum atomic E-state index is -0.144. The molecule has 1 unspecified atom stereocenters. The molecule has 0 bridgehead atoms. The molecule has 14 heavy (non-hydrogen) atoms. The second-order valence-corrected chi connectivity index (χ2v) is 3.52. The maximum absolute atomic E-state index is 8.60. The van der Waals surface area contributed by atoms with Crippen molar-refractivity contribution in [1.82, 2.24) is 0 Å². The summed E-state index contributed by atoms with van der Waals surface area (Å²) in [7, 11) is 0. The van der Waals surface area contributed by atoms with Crippen molar-refractivity contribution in [3.63, 3.8) is 0 Å². The lowest BCUT2D eigenvalue weighted by molar-refractivity contribution is 0.736. The first-order chi connectivity index (χ1) is 6.69. The number of benzene rings is 1. The van der Waals surface area contributed by atoms with Crippen molar-refractivity contribution in [3.8, 4) is 6.07 Å². The molecule has 1 atom stereocenters. The van der Waals surface area contributed by atoms with Crippen LogP contribution in [0.4, 0.5) is 0 Å². The van der Waals surface area contributed by atoms with Gasteiger partial charge >= 0.3 is 0 Å². The van der Waals surface area contributed by atoms with Gasteiger partial charge in [-0.15, -0.1) is 0 Å². The van der Waals surface area contributed by atoms with Gasteiger partial charge in [0.15, 0.2) is 0 Å². The second kappa shape index (κ2) is 4.78. The number of rotatable bonds is 3. The molecule has 0 saturated heterocycles. The number of nitrogens with zero attached hydrogens (tertiary/aromatic N) is 1. The van der Waals surface area contributed by atoms with Crippen LogP contribution in [-0.2, 0) is 6.42 Å². The zero-order valence-electron chi connectivity index (χ0n) is 8.75. The molecule has 0 saturated carbocycles. The molecule has 0 spiro atoms. The van der Waals surface area contributed by atoms with Gasteiger partial charge in [0.25, 0.3) is 0 Å². The van der Waals surface area contributed by atoms with Gasteiger partial charge in [0, 0.05) is 6.04 Å². The molecular formula is C12H16N2. The first kappa shape index (κ1) is 10.7. The average Bonchev–Trinajstić information content (AvgIpc) is 2.18. The van der Waals surface area contributed by atoms with E-state index in [-0.39, 0.29) is 6.04 Å². The summed E-state index contributed by atoms with van der Waals surface area (Å²) in [6.45, 7) is 4.15. The molecule has 0 radical (unpaired) electrons. The van der Waals surface area contributed by atoms with Crippen LogP contribution >= 0.6 is 0 Å². The Balaban J connectivity index is 3.04. The van der Waals surface area contributed by atoms with Crippen molar-refractivity contribution in [2.75, 3.05) is 0 Å². The van der Waals surface area contributed by atoms with E-state index in [4.69, 9.17) is 11.0 Å². The van der Waals surface area contributed by atoms with E-state index < -0.39 is 0 Å². The van der Waals surface area contributed by atoms with Crippen LogP contribution in [0.15, 0.2) is 18.2 Å². The van der Waals surface area contributed by atoms with Crippen LogP contribution in [0.25, 0.3) is 0 Å². The van der Waals surface area contributed by atoms with Crippen molar-refractivity contribution in [1.29, 1.82) is 5.26 Å². The predicted molar refractivity (Wildman–Crippen MR) is 57.7 cm³/mol. The second-order valence-electron chi connectivity index (χ2n) is 3.52. The van der Waals surface area contributed by atoms with Crippen molar-refractivity contribution >= 4 is 0 Å². The largest absolute Gasteiger partial charge is 0.323 e. The maximum atomic E-state index is 8.60. The number of hydrogen-bond acceptors (Lipinski definition) is 2. The fourth-order valence-electron chi connectivity index (χ4n) is 1.59. The molecule has 0 aliphatic rings. The molecule has 1 aromatic rings. The summed E-state index contributed by atoms with van der Waals surface area (Å²) < 4.78 is 0. The summed E-state index contributed by atoms with van der Waals surface area (Å²) in [5.41, 5.74) is 9.50. The lowest BCUT2D eigenvalue weighted by atomic mass is 9.95. The van der Waals surface area contributed by atoms with Gasteiger partial charge in [-0.2, -0.15) is 5.26 Å². The highest BCUT2D eigenvalue weighted by Crippen LogP contribution is 2.20. The lowest BCUT2D eigenvalue weighted by Gasteiger charge is -2.13. The smallest absolute Gasteiger partial charge is 0.0641 e. The van der Waals surface area contributed by atoms with Crippen LogP contribution in [0.2, 0.25) is 0 Å². The first-order valence-corrected chi connectivity index (χ1v) is 4.91. The zero-order valence-corrected chi connectivity index (χ0v) is 8.75. The fourth-order valence-corrected chi connectivity index (χ4v) is 1.59. The zero-order chi connectivity index (χ0) is 10.6. The minimum absolute atomic E-state index is 0.144. The van der Waals surface area contributed by atoms with E-state index in [1.165, 1.54) is 11.1 Å². The highest BCUT2D eigenvalue weighted by Gasteiger charge is 2.09. The van der Waals surface area contributed by atoms with Gasteiger partial charge in [-0.1, -0.05) is 30.7 Å². The minimum Gasteiger partial charge on any atom is -0.323 e. The van der Waals surface area contributed by atoms with Crippen LogP contribution in [0.3, 0.4) is 0 Å². The molecule has 0 aromatic heterocycles. The van der Waals surface area contributed by atoms with Gasteiger partial charge in [0.2, 0.25) is 0 Å². The molecular weight excluding hydrogens is 172 g/mol. The average molecular weight is 188 g/mol. The molecule has 0 aliphatic carbocycles. The summed E-state index contributed by atoms with van der Waals surface area (Å²) in [6, 6.07) is 8.24. The van der Waals surface area contributed by atoms with E-state index in [0.717, 1.165) is 12.0 Å². The van der Waals surface area contributed by atoms with Crippen molar-refractivity contribution in [2.45, 2.75) is 32.7 Å². The molecule has 1 aromatic carbocycles. The Labute approximate surface area is 85.4 Å². The number of hydrogen-bond donors (Lipinski definition) is 1. The standard InChI is InChI=1S/C12H16N2/c1-3-10-5-4-9(2)8-11(10)12(14)6-7-13/h4-5,8,12H,3,6,14H2,1-2H3. The first-order valence-electron chi connectivity index (χ1n) is 4.91. The SMILES string of the molecule is CCc1ccc(C)cc1C(N)CC#N. The molecule has 0 fully saturated rings. The van der Waals surface area contributed by atoms with Crippen molar-refractivity contribution in [2.24, 2.45) is 5.73 Å². The molecule has 74 valence electrons. The number of nitrogens with two attached hydrogens (primary N) is 1. The maximum Gasteiger partial charge on any atom is 0.0641 e. The van der Waals surface area contributed by atoms with Crippen LogP contribution in [0, 0.1) is 18.3 Å². The Kier molecular flexibility index (Phi) is 3.67. The van der Waals surface area contributed by atoms with E-state index in [1.807, 2.05) is 6.92 Å². The lowest BCUT2D eigenvalue weighted by Crippen LogP contribution is -2.12. The van der Waals surface area contributed by atoms with Gasteiger partial charge in [-0.3, -0.25) is 0 Å². The van der Waals surface area contributed by atoms with Crippen LogP contribution in [-0.4, -0.2) is 0 Å². The Bertz CT molecular complexity index is 350. The normalized spacial score (nSPS) is 12.1. The molecule has 2 heteroatoms. The third kappa shape index (κ3) is 2.34. The van der Waals surface area contributed by atoms with Crippen LogP contribution in [0.5, 0.6) is 0 Å². The molecule has 2 nitrogen and oxygen atoms in total. The Morgan fingerprint density at radius 1 is 1.50 bits per heavy atom. The number of aryl methyl sites for hydroxylation is 2. The molecule has 2 N–H and O–H groups in total. The summed E-state index contributed by atoms with van der Waals surface area (Å²) in [4.78, 5) is 0. The molecule has 1 rings (SSSR count). The Morgan fingerprint density at radius 3 is 2.79 bits per heavy atom. The van der Waals surface area contributed by atoms with Gasteiger partial charge in [0.1, 0.15) is 0 Å². The highest BCUT2D eigenvalue weighted by atomic mass is 14.6. The van der Waals surface area contributed by atoms with Gasteiger partial charge < -0.3 is 5.73 Å². The van der Waals surface area contributed by atoms with Gasteiger partial charge in [-0.25, -0.2) is 0 Å². The third-order valence-corrected chi connectivity index (χ3v) is 2.39. The quantitative estimate of drug-likeness (QED) is 0.792. The van der Waals surface area contributed by atoms with Crippen LogP contribution in [0.1, 0.15) is 36.1 Å². The third-order valence-electron chi connectivity index (χ3n) is 2.39. The van der Waals surface area contributed by atoms with E-state index >= 15 is 0 Å². The fraction of sp³-hybridized carbons (Fsp3) is 0.417. The summed E-state index contributed by atoms with van der Waals surface area (Å²) in [5.74, 6) is 0. The summed E-state index contributed by atoms with van der Waals surface area (Å²) in [6.07, 6.45) is 1.35. The van der Waals surface area contributed by atoms with Crippen molar-refractivity contribution in [3.05, 3.63) is 34.9 Å². The molecule has 0 heterocycles. The van der Waals surface area contributed by atoms with E-state index in [2.05, 4.69) is 31.2 Å². The van der Waals surface area contributed by atoms with E-state index in [1.54, 1.807) is 0 Å². The summed E-state index contributed by atoms with van der Waals surface area (Å²) in [5, 5.41) is 8.60. The van der Waals surface area contributed by atoms with E-state index in [9.17, 15) is 0 Å². The molecule has 0 aliphatic heterocycles. The number of nitriles is 1. The van der Waals surface area contributed by atoms with E-state index in [0.29, 0.717) is 6.42 Å². The highest BCUT2D eigenvalue weighted by molar-refractivity contribution is 5.34.